The summed E-state index contributed by atoms with van der Waals surface area (Å²) in [6, 6.07) is 7.48. The molecule has 1 aliphatic rings. The number of benzene rings is 1. The lowest BCUT2D eigenvalue weighted by Crippen LogP contribution is -2.47. The number of aryl methyl sites for hydroxylation is 1. The van der Waals surface area contributed by atoms with Gasteiger partial charge in [-0.3, -0.25) is 9.69 Å². The van der Waals surface area contributed by atoms with Gasteiger partial charge in [0, 0.05) is 49.2 Å². The number of thiazole rings is 1. The normalized spacial score (nSPS) is 16.0. The Morgan fingerprint density at radius 3 is 2.79 bits per heavy atom. The van der Waals surface area contributed by atoms with Crippen molar-refractivity contribution in [1.82, 2.24) is 14.8 Å². The fourth-order valence-electron chi connectivity index (χ4n) is 2.72. The van der Waals surface area contributed by atoms with E-state index in [1.54, 1.807) is 17.4 Å². The van der Waals surface area contributed by atoms with E-state index < -0.39 is 0 Å². The molecule has 0 radical (unpaired) electrons. The SMILES string of the molecule is Cc1nc(CN2CCN(C(=O)/C=C/c3cccc(Cl)c3)CC2)cs1. The van der Waals surface area contributed by atoms with Crippen molar-refractivity contribution in [3.8, 4) is 0 Å². The summed E-state index contributed by atoms with van der Waals surface area (Å²) < 4.78 is 0. The van der Waals surface area contributed by atoms with Crippen molar-refractivity contribution >= 4 is 34.9 Å². The largest absolute Gasteiger partial charge is 0.337 e. The summed E-state index contributed by atoms with van der Waals surface area (Å²) in [5, 5.41) is 3.89. The average Bonchev–Trinajstić information content (AvgIpc) is 2.98. The van der Waals surface area contributed by atoms with Gasteiger partial charge in [-0.1, -0.05) is 23.7 Å². The Labute approximate surface area is 151 Å². The summed E-state index contributed by atoms with van der Waals surface area (Å²) in [5.41, 5.74) is 2.06. The Bertz CT molecular complexity index is 735. The molecule has 1 aromatic heterocycles. The van der Waals surface area contributed by atoms with Crippen LogP contribution in [0.1, 0.15) is 16.3 Å². The van der Waals surface area contributed by atoms with E-state index in [1.165, 1.54) is 0 Å². The first-order chi connectivity index (χ1) is 11.6. The van der Waals surface area contributed by atoms with Gasteiger partial charge in [0.2, 0.25) is 5.91 Å². The fraction of sp³-hybridized carbons (Fsp3) is 0.333. The standard InChI is InChI=1S/C18H20ClN3OS/c1-14-20-17(13-24-14)12-21-7-9-22(10-8-21)18(23)6-5-15-3-2-4-16(19)11-15/h2-6,11,13H,7-10,12H2,1H3/b6-5+. The molecule has 126 valence electrons. The highest BCUT2D eigenvalue weighted by atomic mass is 35.5. The van der Waals surface area contributed by atoms with E-state index in [1.807, 2.05) is 42.2 Å². The van der Waals surface area contributed by atoms with Crippen LogP contribution in [0, 0.1) is 6.92 Å². The van der Waals surface area contributed by atoms with E-state index in [-0.39, 0.29) is 5.91 Å². The van der Waals surface area contributed by atoms with Gasteiger partial charge in [0.25, 0.3) is 0 Å². The Morgan fingerprint density at radius 2 is 2.12 bits per heavy atom. The van der Waals surface area contributed by atoms with E-state index in [4.69, 9.17) is 11.6 Å². The minimum absolute atomic E-state index is 0.0547. The van der Waals surface area contributed by atoms with Crippen LogP contribution in [0.15, 0.2) is 35.7 Å². The van der Waals surface area contributed by atoms with Crippen LogP contribution in [0.25, 0.3) is 6.08 Å². The highest BCUT2D eigenvalue weighted by molar-refractivity contribution is 7.09. The van der Waals surface area contributed by atoms with Crippen LogP contribution in [0.4, 0.5) is 0 Å². The van der Waals surface area contributed by atoms with Crippen molar-refractivity contribution in [3.63, 3.8) is 0 Å². The third-order valence-electron chi connectivity index (χ3n) is 4.00. The van der Waals surface area contributed by atoms with Crippen LogP contribution in [-0.2, 0) is 11.3 Å². The lowest BCUT2D eigenvalue weighted by molar-refractivity contribution is -0.127. The molecule has 0 spiro atoms. The molecular weight excluding hydrogens is 342 g/mol. The van der Waals surface area contributed by atoms with Gasteiger partial charge >= 0.3 is 0 Å². The maximum atomic E-state index is 12.3. The zero-order valence-corrected chi connectivity index (χ0v) is 15.2. The van der Waals surface area contributed by atoms with Crippen molar-refractivity contribution < 1.29 is 4.79 Å². The maximum Gasteiger partial charge on any atom is 0.246 e. The molecule has 2 heterocycles. The average molecular weight is 362 g/mol. The minimum Gasteiger partial charge on any atom is -0.337 e. The summed E-state index contributed by atoms with van der Waals surface area (Å²) >= 11 is 7.64. The van der Waals surface area contributed by atoms with Crippen molar-refractivity contribution in [1.29, 1.82) is 0 Å². The number of piperazine rings is 1. The highest BCUT2D eigenvalue weighted by Gasteiger charge is 2.20. The van der Waals surface area contributed by atoms with Crippen LogP contribution < -0.4 is 0 Å². The number of carbonyl (C=O) groups excluding carboxylic acids is 1. The van der Waals surface area contributed by atoms with Crippen molar-refractivity contribution in [3.05, 3.63) is 57.0 Å². The van der Waals surface area contributed by atoms with Gasteiger partial charge in [-0.15, -0.1) is 11.3 Å². The lowest BCUT2D eigenvalue weighted by Gasteiger charge is -2.33. The number of rotatable bonds is 4. The predicted octanol–water partition coefficient (Wildman–Crippen LogP) is 3.46. The highest BCUT2D eigenvalue weighted by Crippen LogP contribution is 2.14. The summed E-state index contributed by atoms with van der Waals surface area (Å²) in [6.07, 6.45) is 3.45. The van der Waals surface area contributed by atoms with Gasteiger partial charge in [-0.2, -0.15) is 0 Å². The molecule has 0 atom stereocenters. The number of nitrogens with zero attached hydrogens (tertiary/aromatic N) is 3. The molecule has 0 aliphatic carbocycles. The summed E-state index contributed by atoms with van der Waals surface area (Å²) in [4.78, 5) is 21.0. The Morgan fingerprint density at radius 1 is 1.33 bits per heavy atom. The Kier molecular flexibility index (Phi) is 5.66. The molecule has 0 saturated carbocycles. The monoisotopic (exact) mass is 361 g/mol. The lowest BCUT2D eigenvalue weighted by atomic mass is 10.2. The van der Waals surface area contributed by atoms with Crippen molar-refractivity contribution in [2.75, 3.05) is 26.2 Å². The van der Waals surface area contributed by atoms with Gasteiger partial charge in [0.15, 0.2) is 0 Å². The third-order valence-corrected chi connectivity index (χ3v) is 5.06. The van der Waals surface area contributed by atoms with Crippen LogP contribution in [0.3, 0.4) is 0 Å². The third kappa shape index (κ3) is 4.66. The molecule has 1 fully saturated rings. The zero-order valence-electron chi connectivity index (χ0n) is 13.6. The number of halogens is 1. The quantitative estimate of drug-likeness (QED) is 0.782. The minimum atomic E-state index is 0.0547. The van der Waals surface area contributed by atoms with Gasteiger partial charge in [0.1, 0.15) is 0 Å². The molecule has 4 nitrogen and oxygen atoms in total. The van der Waals surface area contributed by atoms with Crippen LogP contribution in [0.2, 0.25) is 5.02 Å². The van der Waals surface area contributed by atoms with Crippen LogP contribution in [0.5, 0.6) is 0 Å². The summed E-state index contributed by atoms with van der Waals surface area (Å²) in [6.45, 7) is 6.16. The van der Waals surface area contributed by atoms with E-state index in [0.29, 0.717) is 5.02 Å². The van der Waals surface area contributed by atoms with Gasteiger partial charge in [-0.05, 0) is 30.7 Å². The molecule has 0 unspecified atom stereocenters. The van der Waals surface area contributed by atoms with Crippen molar-refractivity contribution in [2.45, 2.75) is 13.5 Å². The Hall–Kier alpha value is -1.69. The zero-order chi connectivity index (χ0) is 16.9. The maximum absolute atomic E-state index is 12.3. The molecule has 2 aromatic rings. The first kappa shape index (κ1) is 17.1. The van der Waals surface area contributed by atoms with E-state index in [0.717, 1.165) is 49.0 Å². The molecule has 0 bridgehead atoms. The number of amides is 1. The van der Waals surface area contributed by atoms with E-state index >= 15 is 0 Å². The topological polar surface area (TPSA) is 36.4 Å². The molecule has 24 heavy (non-hydrogen) atoms. The van der Waals surface area contributed by atoms with Crippen LogP contribution >= 0.6 is 22.9 Å². The number of hydrogen-bond donors (Lipinski definition) is 0. The first-order valence-corrected chi connectivity index (χ1v) is 9.22. The van der Waals surface area contributed by atoms with Crippen LogP contribution in [-0.4, -0.2) is 46.9 Å². The van der Waals surface area contributed by atoms with Gasteiger partial charge < -0.3 is 4.90 Å². The second-order valence-electron chi connectivity index (χ2n) is 5.85. The molecule has 0 N–H and O–H groups in total. The summed E-state index contributed by atoms with van der Waals surface area (Å²) in [7, 11) is 0. The van der Waals surface area contributed by atoms with Gasteiger partial charge in [-0.25, -0.2) is 4.98 Å². The second-order valence-corrected chi connectivity index (χ2v) is 7.35. The smallest absolute Gasteiger partial charge is 0.246 e. The number of carbonyl (C=O) groups is 1. The summed E-state index contributed by atoms with van der Waals surface area (Å²) in [5.74, 6) is 0.0547. The molecule has 3 rings (SSSR count). The van der Waals surface area contributed by atoms with Crippen molar-refractivity contribution in [2.24, 2.45) is 0 Å². The van der Waals surface area contributed by atoms with E-state index in [2.05, 4.69) is 15.3 Å². The molecule has 6 heteroatoms. The van der Waals surface area contributed by atoms with E-state index in [9.17, 15) is 4.79 Å². The second kappa shape index (κ2) is 7.92. The molecular formula is C18H20ClN3OS. The molecule has 1 aliphatic heterocycles. The molecule has 1 amide bonds. The fourth-order valence-corrected chi connectivity index (χ4v) is 3.52. The predicted molar refractivity (Wildman–Crippen MR) is 99.2 cm³/mol. The first-order valence-electron chi connectivity index (χ1n) is 7.96. The Balaban J connectivity index is 1.49. The van der Waals surface area contributed by atoms with Gasteiger partial charge in [0.05, 0.1) is 10.7 Å². The molecule has 1 aromatic carbocycles. The number of aromatic nitrogens is 1. The number of hydrogen-bond acceptors (Lipinski definition) is 4. The molecule has 1 saturated heterocycles.